The highest BCUT2D eigenvalue weighted by Crippen LogP contribution is 2.17. The van der Waals surface area contributed by atoms with Crippen LogP contribution in [0.15, 0.2) is 72.8 Å². The second kappa shape index (κ2) is 4.72. The van der Waals surface area contributed by atoms with Crippen molar-refractivity contribution in [1.29, 1.82) is 0 Å². The van der Waals surface area contributed by atoms with Gasteiger partial charge in [0.15, 0.2) is 0 Å². The van der Waals surface area contributed by atoms with E-state index in [0.29, 0.717) is 0 Å². The summed E-state index contributed by atoms with van der Waals surface area (Å²) in [6, 6.07) is 26.1. The predicted molar refractivity (Wildman–Crippen MR) is 96.9 cm³/mol. The Balaban J connectivity index is 2.30. The van der Waals surface area contributed by atoms with E-state index in [2.05, 4.69) is 90.5 Å². The summed E-state index contributed by atoms with van der Waals surface area (Å²) in [6.45, 7) is 0. The summed E-state index contributed by atoms with van der Waals surface area (Å²) >= 11 is 0. The number of benzene rings is 4. The van der Waals surface area contributed by atoms with E-state index in [1.807, 2.05) is 0 Å². The molecule has 1 aliphatic heterocycles. The van der Waals surface area contributed by atoms with Crippen molar-refractivity contribution < 1.29 is 0 Å². The minimum absolute atomic E-state index is 1.23. The fourth-order valence-electron chi connectivity index (χ4n) is 3.60. The molecule has 1 N–H and O–H groups in total. The van der Waals surface area contributed by atoms with E-state index in [1.54, 1.807) is 0 Å². The molecule has 4 aromatic rings. The third kappa shape index (κ3) is 1.80. The smallest absolute Gasteiger partial charge is 0.00842 e. The van der Waals surface area contributed by atoms with E-state index in [-0.39, 0.29) is 0 Å². The summed E-state index contributed by atoms with van der Waals surface area (Å²) in [4.78, 5) is 0. The van der Waals surface area contributed by atoms with Gasteiger partial charge in [-0.15, -0.1) is 0 Å². The molecular weight excluding hydrogens is 278 g/mol. The maximum absolute atomic E-state index is 3.34. The van der Waals surface area contributed by atoms with Crippen LogP contribution in [0.4, 0.5) is 0 Å². The fraction of sp³-hybridized carbons (Fsp3) is 0. The van der Waals surface area contributed by atoms with Gasteiger partial charge in [-0.2, -0.15) is 0 Å². The van der Waals surface area contributed by atoms with Gasteiger partial charge >= 0.3 is 0 Å². The van der Waals surface area contributed by atoms with Crippen molar-refractivity contribution in [3.05, 3.63) is 93.7 Å². The molecule has 4 aromatic carbocycles. The Kier molecular flexibility index (Phi) is 2.56. The Morgan fingerprint density at radius 2 is 0.957 bits per heavy atom. The molecule has 1 nitrogen and oxygen atoms in total. The van der Waals surface area contributed by atoms with Crippen LogP contribution in [0, 0.1) is 10.4 Å². The zero-order valence-corrected chi connectivity index (χ0v) is 12.6. The van der Waals surface area contributed by atoms with Gasteiger partial charge in [0.25, 0.3) is 0 Å². The van der Waals surface area contributed by atoms with Crippen LogP contribution in [-0.2, 0) is 0 Å². The van der Waals surface area contributed by atoms with E-state index >= 15 is 0 Å². The van der Waals surface area contributed by atoms with Gasteiger partial charge in [-0.25, -0.2) is 0 Å². The first-order valence-corrected chi connectivity index (χ1v) is 7.88. The quantitative estimate of drug-likeness (QED) is 0.524. The molecule has 23 heavy (non-hydrogen) atoms. The number of hydrogen-bond donors (Lipinski definition) is 1. The van der Waals surface area contributed by atoms with Crippen LogP contribution in [0.25, 0.3) is 33.9 Å². The Hall–Kier alpha value is -3.06. The SMILES string of the molecule is C1=c2ccc3ccccc3c2=c2c(ccc3ccccc23)=CN1. The fourth-order valence-corrected chi connectivity index (χ4v) is 3.60. The summed E-state index contributed by atoms with van der Waals surface area (Å²) in [5.74, 6) is 0. The Bertz CT molecular complexity index is 1180. The molecule has 1 heterocycles. The van der Waals surface area contributed by atoms with E-state index in [9.17, 15) is 0 Å². The second-order valence-electron chi connectivity index (χ2n) is 5.96. The van der Waals surface area contributed by atoms with Gasteiger partial charge in [0.05, 0.1) is 0 Å². The molecule has 0 bridgehead atoms. The van der Waals surface area contributed by atoms with Crippen molar-refractivity contribution in [3.8, 4) is 0 Å². The van der Waals surface area contributed by atoms with Crippen LogP contribution in [-0.4, -0.2) is 0 Å². The molecule has 0 amide bonds. The lowest BCUT2D eigenvalue weighted by Crippen LogP contribution is -2.08. The lowest BCUT2D eigenvalue weighted by Gasteiger charge is -2.03. The van der Waals surface area contributed by atoms with E-state index in [1.165, 1.54) is 42.4 Å². The van der Waals surface area contributed by atoms with Crippen LogP contribution >= 0.6 is 0 Å². The van der Waals surface area contributed by atoms with Gasteiger partial charge in [0.1, 0.15) is 0 Å². The molecule has 0 unspecified atom stereocenters. The third-order valence-corrected chi connectivity index (χ3v) is 4.65. The largest absolute Gasteiger partial charge is 0.366 e. The highest BCUT2D eigenvalue weighted by atomic mass is 14.8. The average molecular weight is 293 g/mol. The highest BCUT2D eigenvalue weighted by Gasteiger charge is 2.03. The van der Waals surface area contributed by atoms with Gasteiger partial charge in [-0.3, -0.25) is 0 Å². The topological polar surface area (TPSA) is 12.0 Å². The minimum Gasteiger partial charge on any atom is -0.366 e. The maximum atomic E-state index is 3.34. The Morgan fingerprint density at radius 1 is 0.478 bits per heavy atom. The molecule has 0 aliphatic carbocycles. The van der Waals surface area contributed by atoms with Crippen LogP contribution in [0.2, 0.25) is 0 Å². The maximum Gasteiger partial charge on any atom is 0.00842 e. The van der Waals surface area contributed by atoms with Gasteiger partial charge in [-0.1, -0.05) is 72.8 Å². The molecule has 0 fully saturated rings. The number of rotatable bonds is 0. The summed E-state index contributed by atoms with van der Waals surface area (Å²) in [5, 5.41) is 13.6. The van der Waals surface area contributed by atoms with Crippen molar-refractivity contribution in [1.82, 2.24) is 5.32 Å². The van der Waals surface area contributed by atoms with E-state index in [0.717, 1.165) is 0 Å². The first-order chi connectivity index (χ1) is 11.4. The monoisotopic (exact) mass is 293 g/mol. The predicted octanol–water partition coefficient (Wildman–Crippen LogP) is 3.36. The number of fused-ring (bicyclic) bond motifs is 6. The lowest BCUT2D eigenvalue weighted by molar-refractivity contribution is 1.36. The molecular formula is C22H15N. The van der Waals surface area contributed by atoms with Crippen LogP contribution in [0.3, 0.4) is 0 Å². The van der Waals surface area contributed by atoms with Crippen molar-refractivity contribution in [2.75, 3.05) is 0 Å². The molecule has 0 atom stereocenters. The average Bonchev–Trinajstić information content (AvgIpc) is 2.81. The van der Waals surface area contributed by atoms with Crippen LogP contribution < -0.4 is 15.8 Å². The van der Waals surface area contributed by atoms with Crippen molar-refractivity contribution in [2.24, 2.45) is 0 Å². The number of hydrogen-bond acceptors (Lipinski definition) is 1. The van der Waals surface area contributed by atoms with Crippen molar-refractivity contribution in [3.63, 3.8) is 0 Å². The van der Waals surface area contributed by atoms with Gasteiger partial charge in [-0.05, 0) is 42.4 Å². The molecule has 1 aliphatic rings. The van der Waals surface area contributed by atoms with Crippen molar-refractivity contribution >= 4 is 33.9 Å². The first kappa shape index (κ1) is 12.5. The summed E-state index contributed by atoms with van der Waals surface area (Å²) in [7, 11) is 0. The van der Waals surface area contributed by atoms with Gasteiger partial charge in [0, 0.05) is 12.4 Å². The first-order valence-electron chi connectivity index (χ1n) is 7.88. The standard InChI is InChI=1S/C22H15N/c1-3-7-19-15(5-1)9-11-17-13-23-14-18-12-10-16-6-2-4-8-20(16)22(18)21(17)19/h1-14,23H. The lowest BCUT2D eigenvalue weighted by atomic mass is 10.0. The molecule has 0 saturated carbocycles. The minimum atomic E-state index is 1.23. The molecule has 5 rings (SSSR count). The van der Waals surface area contributed by atoms with Gasteiger partial charge < -0.3 is 5.32 Å². The number of nitrogens with one attached hydrogen (secondary N) is 1. The molecule has 0 saturated heterocycles. The van der Waals surface area contributed by atoms with Gasteiger partial charge in [0.2, 0.25) is 0 Å². The van der Waals surface area contributed by atoms with Crippen LogP contribution in [0.5, 0.6) is 0 Å². The van der Waals surface area contributed by atoms with Crippen LogP contribution in [0.1, 0.15) is 0 Å². The zero-order chi connectivity index (χ0) is 15.2. The summed E-state index contributed by atoms with van der Waals surface area (Å²) < 4.78 is 0. The highest BCUT2D eigenvalue weighted by molar-refractivity contribution is 5.88. The molecule has 0 spiro atoms. The third-order valence-electron chi connectivity index (χ3n) is 4.65. The zero-order valence-electron chi connectivity index (χ0n) is 12.6. The van der Waals surface area contributed by atoms with E-state index < -0.39 is 0 Å². The van der Waals surface area contributed by atoms with E-state index in [4.69, 9.17) is 0 Å². The second-order valence-corrected chi connectivity index (χ2v) is 5.96. The van der Waals surface area contributed by atoms with Crippen molar-refractivity contribution in [2.45, 2.75) is 0 Å². The summed E-state index contributed by atoms with van der Waals surface area (Å²) in [5.41, 5.74) is 0. The molecule has 0 aromatic heterocycles. The Morgan fingerprint density at radius 3 is 1.48 bits per heavy atom. The summed E-state index contributed by atoms with van der Waals surface area (Å²) in [6.07, 6.45) is 4.19. The molecule has 1 heteroatoms. The molecule has 108 valence electrons. The normalized spacial score (nSPS) is 12.5. The Labute approximate surface area is 133 Å². The molecule has 0 radical (unpaired) electrons.